The fourth-order valence-electron chi connectivity index (χ4n) is 15.5. The second kappa shape index (κ2) is 32.5. The molecule has 616 valence electrons. The summed E-state index contributed by atoms with van der Waals surface area (Å²) in [6, 6.07) is -40.8. The van der Waals surface area contributed by atoms with Crippen LogP contribution in [0.5, 0.6) is 0 Å². The molecule has 2 aliphatic carbocycles. The SMILES string of the molecule is [2H]c1cc(-c2c([2H])c([2H])c([2H])c([2H])c2[2H])c(-c2c([2H])c([2H])c(N(c3c([2H])c([2H])c(-c4c([2H])c([2H])c5c(c4[2H])c4c([2H])c([2H])c([2H])c([2H])c4n5-c4c([2H])c([2H])c([2H])c(-c5c([2H])c([2H])c([2H])c([2H])c5[2H])c4[2H])c([2H])c3[2H])c3c([2H])c([2H])c4c(c3[2H])C(C([2H])([2H])[2H])(C([2H])([2H])[2H])c3c([2H])c([2H])c([2H])c([2H])c3-4)c([2H])c2[2H])c([2H])c1[2H].[2H]c1cc(-c2c([2H])c([2H])c([2H])c([2H])c2[2H])c(-c2c([2H])c([2H])c(N(c3c([2H])c([2H])c(-c4ccc5c(c4)c4ccccc4n5-c4cccc(-c5ccccc5)c4)c([2H])c3[2H])c3c([2H])c([2H])c4c(c3[2H])C(C([2H])([2H])[2H])(C([2H])([2H])[2H])c3c([2H])c([2H])c([2H])c([2H])c3-4)c([2H])c2[2H])c([2H])c1[2H]. The topological polar surface area (TPSA) is 16.3 Å². The van der Waals surface area contributed by atoms with E-state index in [1.54, 1.807) is 24.3 Å². The molecule has 0 bridgehead atoms. The molecule has 0 spiro atoms. The first-order chi connectivity index (χ1) is 94.8. The van der Waals surface area contributed by atoms with E-state index in [0.717, 1.165) is 28.4 Å². The average molecular weight is 1740 g/mol. The molecule has 2 aliphatic rings. The summed E-state index contributed by atoms with van der Waals surface area (Å²) >= 11 is 0. The first-order valence-electron chi connectivity index (χ1n) is 76.1. The molecule has 0 amide bonds. The van der Waals surface area contributed by atoms with Gasteiger partial charge in [0.2, 0.25) is 0 Å². The molecule has 22 aromatic rings. The molecular formula is C126H92N4. The molecule has 4 nitrogen and oxygen atoms in total. The quantitative estimate of drug-likeness (QED) is 0.0959. The van der Waals surface area contributed by atoms with Crippen molar-refractivity contribution < 1.29 is 101 Å². The smallest absolute Gasteiger partial charge is 0.0651 e. The highest BCUT2D eigenvalue weighted by Gasteiger charge is 2.38. The van der Waals surface area contributed by atoms with E-state index in [4.69, 9.17) is 58.9 Å². The fraction of sp³-hybridized carbons (Fsp3) is 0.0476. The maximum absolute atomic E-state index is 10.2. The molecule has 0 saturated heterocycles. The van der Waals surface area contributed by atoms with Crippen LogP contribution in [0.1, 0.15) is 151 Å². The molecular weight excluding hydrogens is 1570 g/mol. The third-order valence-corrected chi connectivity index (χ3v) is 21.5. The minimum atomic E-state index is -4.15. The predicted octanol–water partition coefficient (Wildman–Crippen LogP) is 34.5. The summed E-state index contributed by atoms with van der Waals surface area (Å²) in [5.74, 6) is 0. The van der Waals surface area contributed by atoms with E-state index in [2.05, 4.69) is 0 Å². The Balaban J connectivity index is 0.000000211. The third kappa shape index (κ3) is 13.9. The van der Waals surface area contributed by atoms with Crippen molar-refractivity contribution >= 4 is 77.7 Å². The molecule has 0 fully saturated rings. The largest absolute Gasteiger partial charge is 0.310 e. The number of aromatic nitrogens is 2. The van der Waals surface area contributed by atoms with E-state index < -0.39 is 586 Å². The number of benzene rings is 20. The Hall–Kier alpha value is -16.4. The van der Waals surface area contributed by atoms with Crippen LogP contribution in [0.25, 0.3) is 166 Å². The fourth-order valence-corrected chi connectivity index (χ4v) is 15.5. The Morgan fingerprint density at radius 1 is 0.200 bits per heavy atom. The first kappa shape index (κ1) is 32.8. The summed E-state index contributed by atoms with van der Waals surface area (Å²) in [5, 5.41) is -0.413. The van der Waals surface area contributed by atoms with Gasteiger partial charge in [-0.3, -0.25) is 0 Å². The Labute approximate surface area is 864 Å². The number of para-hydroxylation sites is 2. The van der Waals surface area contributed by atoms with Crippen LogP contribution in [-0.4, -0.2) is 9.13 Å². The van der Waals surface area contributed by atoms with Crippen LogP contribution in [0, 0.1) is 0 Å². The van der Waals surface area contributed by atoms with Gasteiger partial charge in [-0.25, -0.2) is 0 Å². The van der Waals surface area contributed by atoms with Gasteiger partial charge in [-0.1, -0.05) is 378 Å². The van der Waals surface area contributed by atoms with E-state index in [-0.39, 0.29) is 16.0 Å². The van der Waals surface area contributed by atoms with E-state index in [1.807, 2.05) is 77.4 Å². The molecule has 0 unspecified atom stereocenters. The van der Waals surface area contributed by atoms with Crippen LogP contribution in [0.3, 0.4) is 0 Å². The number of fused-ring (bicyclic) bond motifs is 12. The van der Waals surface area contributed by atoms with Crippen molar-refractivity contribution in [2.24, 2.45) is 0 Å². The van der Waals surface area contributed by atoms with Crippen molar-refractivity contribution in [2.45, 2.75) is 38.2 Å². The van der Waals surface area contributed by atoms with Crippen LogP contribution in [0.2, 0.25) is 0 Å². The van der Waals surface area contributed by atoms with Gasteiger partial charge < -0.3 is 18.9 Å². The lowest BCUT2D eigenvalue weighted by Gasteiger charge is -2.28. The molecule has 0 aliphatic heterocycles. The van der Waals surface area contributed by atoms with Gasteiger partial charge in [0.25, 0.3) is 0 Å². The van der Waals surface area contributed by atoms with Crippen molar-refractivity contribution in [1.82, 2.24) is 9.13 Å². The highest BCUT2D eigenvalue weighted by atomic mass is 15.1. The monoisotopic (exact) mass is 1740 g/mol. The summed E-state index contributed by atoms with van der Waals surface area (Å²) in [6.07, 6.45) is 0. The lowest BCUT2D eigenvalue weighted by Crippen LogP contribution is -2.16. The van der Waals surface area contributed by atoms with Gasteiger partial charge in [-0.15, -0.1) is 0 Å². The highest BCUT2D eigenvalue weighted by Crippen LogP contribution is 2.54. The molecule has 0 saturated carbocycles. The normalized spacial score (nSPS) is 21.0. The van der Waals surface area contributed by atoms with E-state index >= 15 is 0 Å². The number of rotatable bonds is 16. The zero-order valence-corrected chi connectivity index (χ0v) is 66.2. The molecule has 130 heavy (non-hydrogen) atoms. The van der Waals surface area contributed by atoms with Crippen molar-refractivity contribution in [2.75, 3.05) is 9.80 Å². The molecule has 24 rings (SSSR count). The summed E-state index contributed by atoms with van der Waals surface area (Å²) < 4.78 is 683. The Bertz CT molecular complexity index is 12400. The van der Waals surface area contributed by atoms with Crippen molar-refractivity contribution in [3.8, 4) is 123 Å². The first-order valence-corrected chi connectivity index (χ1v) is 39.1. The van der Waals surface area contributed by atoms with Gasteiger partial charge in [0.1, 0.15) is 0 Å². The zero-order chi connectivity index (χ0) is 151. The number of nitrogens with zero attached hydrogens (tertiary/aromatic N) is 4. The highest BCUT2D eigenvalue weighted by molar-refractivity contribution is 6.12. The lowest BCUT2D eigenvalue weighted by atomic mass is 9.82. The van der Waals surface area contributed by atoms with Crippen LogP contribution in [0.15, 0.2) is 484 Å². The summed E-state index contributed by atoms with van der Waals surface area (Å²) in [5.41, 5.74) is -34.6. The second-order valence-corrected chi connectivity index (χ2v) is 28.9. The maximum atomic E-state index is 10.2. The molecule has 0 N–H and O–H groups in total. The average Bonchev–Trinajstić information content (AvgIpc) is 1.49. The molecule has 0 atom stereocenters. The van der Waals surface area contributed by atoms with Gasteiger partial charge in [0.15, 0.2) is 0 Å². The number of hydrogen-bond donors (Lipinski definition) is 0. The number of anilines is 6. The minimum absolute atomic E-state index is 0.0468. The van der Waals surface area contributed by atoms with Gasteiger partial charge in [-0.2, -0.15) is 0 Å². The molecule has 20 aromatic carbocycles. The molecule has 2 aromatic heterocycles. The van der Waals surface area contributed by atoms with Gasteiger partial charge in [-0.05, 0) is 267 Å². The van der Waals surface area contributed by atoms with Gasteiger partial charge in [0.05, 0.1) is 107 Å². The zero-order valence-electron chi connectivity index (χ0n) is 140. The van der Waals surface area contributed by atoms with Crippen molar-refractivity contribution in [3.63, 3.8) is 0 Å². The summed E-state index contributed by atoms with van der Waals surface area (Å²) in [7, 11) is 0. The molecule has 0 radical (unpaired) electrons. The van der Waals surface area contributed by atoms with Crippen molar-refractivity contribution in [1.29, 1.82) is 0 Å². The Morgan fingerprint density at radius 3 is 1.18 bits per heavy atom. The lowest BCUT2D eigenvalue weighted by molar-refractivity contribution is 0.660. The maximum Gasteiger partial charge on any atom is 0.0651 e. The van der Waals surface area contributed by atoms with Crippen molar-refractivity contribution in [3.05, 3.63) is 506 Å². The standard InChI is InChI=1S/2C63H46N2/c2*1-63(2)59-26-13-11-24-55(59)56-38-37-52(42-60(56)63)64(50-35-30-46(31-36-50)54-23-10-9-22-53(54)45-18-7-4-8-19-45)49-33-28-44(29-34-49)48-32-39-62-58(41-48)57-25-12-14-27-61(57)65(62)51-21-15-20-47(40-51)43-16-5-3-6-17-43/h2*3-42H,1-2H3/i1D3,2D3,3D,4D,5D,6D,7D,8D,9D,10D,11D,12D,13D,14D,15D,16D,17D,18D,19D,20D,21D,23D,24D,25D,26D,27D,28D,29D,30D,31D,32D,33D,34D,35D,36D,37D,38D,39D,40D,41D,42D;1D3,2D3,4D,7D,8D,9D,10D,11D,13D,18D,19D,23D,24D,26D,28D,29D,30D,31D,33D,34D,35D,36D,37D,38D,42D. The molecule has 2 heterocycles. The van der Waals surface area contributed by atoms with E-state index in [9.17, 15) is 42.5 Å². The summed E-state index contributed by atoms with van der Waals surface area (Å²) in [4.78, 5) is 0.381. The van der Waals surface area contributed by atoms with Gasteiger partial charge in [0, 0.05) is 94.3 Å². The summed E-state index contributed by atoms with van der Waals surface area (Å²) in [6.45, 7) is -16.3. The van der Waals surface area contributed by atoms with Crippen LogP contribution in [0.4, 0.5) is 34.1 Å². The third-order valence-electron chi connectivity index (χ3n) is 21.5. The predicted molar refractivity (Wildman–Crippen MR) is 550 cm³/mol. The van der Waals surface area contributed by atoms with Crippen LogP contribution < -0.4 is 9.80 Å². The number of hydrogen-bond acceptors (Lipinski definition) is 2. The minimum Gasteiger partial charge on any atom is -0.310 e. The Morgan fingerprint density at radius 2 is 0.608 bits per heavy atom. The van der Waals surface area contributed by atoms with Gasteiger partial charge >= 0.3 is 0 Å². The molecule has 4 heteroatoms. The van der Waals surface area contributed by atoms with Crippen LogP contribution in [-0.2, 0) is 10.8 Å². The van der Waals surface area contributed by atoms with E-state index in [1.165, 1.54) is 0 Å². The van der Waals surface area contributed by atoms with Crippen LogP contribution >= 0.6 is 0 Å². The second-order valence-electron chi connectivity index (χ2n) is 28.9. The van der Waals surface area contributed by atoms with E-state index in [0.29, 0.717) is 31.8 Å². The Kier molecular flexibility index (Phi) is 8.21.